The van der Waals surface area contributed by atoms with Crippen LogP contribution < -0.4 is 5.32 Å². The van der Waals surface area contributed by atoms with Gasteiger partial charge in [-0.2, -0.15) is 0 Å². The molecule has 2 unspecified atom stereocenters. The van der Waals surface area contributed by atoms with Crippen molar-refractivity contribution in [3.63, 3.8) is 0 Å². The van der Waals surface area contributed by atoms with Crippen molar-refractivity contribution in [3.05, 3.63) is 70.2 Å². The summed E-state index contributed by atoms with van der Waals surface area (Å²) in [5, 5.41) is 13.8. The van der Waals surface area contributed by atoms with E-state index in [9.17, 15) is 5.11 Å². The van der Waals surface area contributed by atoms with Crippen molar-refractivity contribution in [2.75, 3.05) is 0 Å². The second kappa shape index (κ2) is 6.82. The zero-order valence-electron chi connectivity index (χ0n) is 12.8. The van der Waals surface area contributed by atoms with Crippen molar-refractivity contribution in [2.24, 2.45) is 5.92 Å². The molecule has 0 spiro atoms. The molecule has 1 saturated carbocycles. The standard InChI is InChI=1S/C19H22ClNO/c1-13(17-4-2-3-14(11-17)12-22)21-19(15-5-6-15)16-7-9-18(20)10-8-16/h2-4,7-11,13,15,19,21-22H,5-6,12H2,1H3. The van der Waals surface area contributed by atoms with Crippen molar-refractivity contribution in [1.82, 2.24) is 5.32 Å². The molecule has 0 radical (unpaired) electrons. The molecule has 0 bridgehead atoms. The van der Waals surface area contributed by atoms with Crippen molar-refractivity contribution in [1.29, 1.82) is 0 Å². The Morgan fingerprint density at radius 3 is 2.50 bits per heavy atom. The van der Waals surface area contributed by atoms with Crippen molar-refractivity contribution >= 4 is 11.6 Å². The highest BCUT2D eigenvalue weighted by Gasteiger charge is 2.33. The number of hydrogen-bond acceptors (Lipinski definition) is 2. The molecule has 2 nitrogen and oxygen atoms in total. The summed E-state index contributed by atoms with van der Waals surface area (Å²) in [5.74, 6) is 0.713. The molecule has 0 heterocycles. The second-order valence-electron chi connectivity index (χ2n) is 6.16. The maximum Gasteiger partial charge on any atom is 0.0681 e. The third-order valence-electron chi connectivity index (χ3n) is 4.39. The molecule has 1 aliphatic carbocycles. The van der Waals surface area contributed by atoms with Crippen molar-refractivity contribution in [3.8, 4) is 0 Å². The van der Waals surface area contributed by atoms with E-state index in [2.05, 4.69) is 36.5 Å². The van der Waals surface area contributed by atoms with Crippen LogP contribution in [0, 0.1) is 5.92 Å². The van der Waals surface area contributed by atoms with Crippen LogP contribution in [0.4, 0.5) is 0 Å². The number of nitrogens with one attached hydrogen (secondary N) is 1. The summed E-state index contributed by atoms with van der Waals surface area (Å²) in [7, 11) is 0. The molecule has 2 aromatic rings. The average Bonchev–Trinajstić information content (AvgIpc) is 3.38. The molecular formula is C19H22ClNO. The first-order valence-electron chi connectivity index (χ1n) is 7.88. The number of halogens is 1. The Bertz CT molecular complexity index is 622. The van der Waals surface area contributed by atoms with Gasteiger partial charge in [0.25, 0.3) is 0 Å². The molecule has 1 aliphatic rings. The molecule has 1 fully saturated rings. The normalized spacial score (nSPS) is 17.2. The topological polar surface area (TPSA) is 32.3 Å². The van der Waals surface area contributed by atoms with Gasteiger partial charge in [-0.15, -0.1) is 0 Å². The maximum absolute atomic E-state index is 9.30. The van der Waals surface area contributed by atoms with Gasteiger partial charge in [-0.05, 0) is 54.5 Å². The fourth-order valence-electron chi connectivity index (χ4n) is 2.93. The van der Waals surface area contributed by atoms with Gasteiger partial charge in [0.15, 0.2) is 0 Å². The first kappa shape index (κ1) is 15.5. The van der Waals surface area contributed by atoms with E-state index in [1.807, 2.05) is 24.3 Å². The molecule has 2 atom stereocenters. The highest BCUT2D eigenvalue weighted by Crippen LogP contribution is 2.42. The monoisotopic (exact) mass is 315 g/mol. The molecule has 0 aliphatic heterocycles. The summed E-state index contributed by atoms with van der Waals surface area (Å²) in [6.45, 7) is 2.27. The predicted octanol–water partition coefficient (Wildman–Crippen LogP) is 4.63. The molecule has 3 rings (SSSR count). The van der Waals surface area contributed by atoms with Gasteiger partial charge < -0.3 is 10.4 Å². The number of aliphatic hydroxyl groups is 1. The highest BCUT2D eigenvalue weighted by atomic mass is 35.5. The van der Waals surface area contributed by atoms with E-state index in [-0.39, 0.29) is 12.6 Å². The molecule has 2 N–H and O–H groups in total. The number of rotatable bonds is 6. The molecule has 0 amide bonds. The van der Waals surface area contributed by atoms with Crippen LogP contribution >= 0.6 is 11.6 Å². The van der Waals surface area contributed by atoms with E-state index in [1.165, 1.54) is 24.0 Å². The summed E-state index contributed by atoms with van der Waals surface area (Å²) < 4.78 is 0. The van der Waals surface area contributed by atoms with E-state index in [4.69, 9.17) is 11.6 Å². The minimum Gasteiger partial charge on any atom is -0.392 e. The van der Waals surface area contributed by atoms with Crippen molar-refractivity contribution in [2.45, 2.75) is 38.5 Å². The Kier molecular flexibility index (Phi) is 4.82. The molecule has 3 heteroatoms. The number of aliphatic hydroxyl groups excluding tert-OH is 1. The molecule has 2 aromatic carbocycles. The van der Waals surface area contributed by atoms with Gasteiger partial charge in [0.1, 0.15) is 0 Å². The van der Waals surface area contributed by atoms with E-state index in [0.29, 0.717) is 12.0 Å². The predicted molar refractivity (Wildman–Crippen MR) is 90.8 cm³/mol. The van der Waals surface area contributed by atoms with Crippen LogP contribution in [-0.4, -0.2) is 5.11 Å². The van der Waals surface area contributed by atoms with Gasteiger partial charge in [0, 0.05) is 17.1 Å². The quantitative estimate of drug-likeness (QED) is 0.814. The number of hydrogen-bond donors (Lipinski definition) is 2. The maximum atomic E-state index is 9.30. The Balaban J connectivity index is 1.77. The minimum atomic E-state index is 0.0871. The van der Waals surface area contributed by atoms with Gasteiger partial charge in [0.2, 0.25) is 0 Å². The van der Waals surface area contributed by atoms with Gasteiger partial charge >= 0.3 is 0 Å². The second-order valence-corrected chi connectivity index (χ2v) is 6.59. The molecular weight excluding hydrogens is 294 g/mol. The molecule has 0 saturated heterocycles. The summed E-state index contributed by atoms with van der Waals surface area (Å²) >= 11 is 6.00. The van der Waals surface area contributed by atoms with E-state index in [0.717, 1.165) is 10.6 Å². The van der Waals surface area contributed by atoms with Crippen LogP contribution in [0.25, 0.3) is 0 Å². The van der Waals surface area contributed by atoms with E-state index in [1.54, 1.807) is 0 Å². The van der Waals surface area contributed by atoms with Crippen LogP contribution in [0.3, 0.4) is 0 Å². The first-order chi connectivity index (χ1) is 10.7. The molecule has 0 aromatic heterocycles. The summed E-state index contributed by atoms with van der Waals surface area (Å²) in [4.78, 5) is 0. The van der Waals surface area contributed by atoms with Gasteiger partial charge in [0.05, 0.1) is 6.61 Å². The Morgan fingerprint density at radius 2 is 1.86 bits per heavy atom. The fraction of sp³-hybridized carbons (Fsp3) is 0.368. The Labute approximate surface area is 137 Å². The average molecular weight is 316 g/mol. The van der Waals surface area contributed by atoms with E-state index < -0.39 is 0 Å². The minimum absolute atomic E-state index is 0.0871. The highest BCUT2D eigenvalue weighted by molar-refractivity contribution is 6.30. The lowest BCUT2D eigenvalue weighted by Crippen LogP contribution is -2.26. The van der Waals surface area contributed by atoms with Crippen LogP contribution in [0.15, 0.2) is 48.5 Å². The lowest BCUT2D eigenvalue weighted by molar-refractivity contribution is 0.281. The Morgan fingerprint density at radius 1 is 1.14 bits per heavy atom. The van der Waals surface area contributed by atoms with Gasteiger partial charge in [-0.1, -0.05) is 48.0 Å². The number of benzene rings is 2. The smallest absolute Gasteiger partial charge is 0.0681 e. The molecule has 22 heavy (non-hydrogen) atoms. The lowest BCUT2D eigenvalue weighted by atomic mass is 9.99. The SMILES string of the molecule is CC(NC(c1ccc(Cl)cc1)C1CC1)c1cccc(CO)c1. The van der Waals surface area contributed by atoms with E-state index >= 15 is 0 Å². The van der Waals surface area contributed by atoms with Crippen LogP contribution in [0.1, 0.15) is 48.5 Å². The zero-order chi connectivity index (χ0) is 15.5. The molecule has 116 valence electrons. The van der Waals surface area contributed by atoms with Crippen molar-refractivity contribution < 1.29 is 5.11 Å². The van der Waals surface area contributed by atoms with Crippen LogP contribution in [0.2, 0.25) is 5.02 Å². The fourth-order valence-corrected chi connectivity index (χ4v) is 3.06. The van der Waals surface area contributed by atoms with Gasteiger partial charge in [-0.25, -0.2) is 0 Å². The van der Waals surface area contributed by atoms with Gasteiger partial charge in [-0.3, -0.25) is 0 Å². The van der Waals surface area contributed by atoms with Crippen LogP contribution in [0.5, 0.6) is 0 Å². The van der Waals surface area contributed by atoms with Crippen LogP contribution in [-0.2, 0) is 6.61 Å². The zero-order valence-corrected chi connectivity index (χ0v) is 13.6. The first-order valence-corrected chi connectivity index (χ1v) is 8.26. The summed E-state index contributed by atoms with van der Waals surface area (Å²) in [5.41, 5.74) is 3.48. The summed E-state index contributed by atoms with van der Waals surface area (Å²) in [6, 6.07) is 16.9. The largest absolute Gasteiger partial charge is 0.392 e. The lowest BCUT2D eigenvalue weighted by Gasteiger charge is -2.24. The third kappa shape index (κ3) is 3.70. The summed E-state index contributed by atoms with van der Waals surface area (Å²) in [6.07, 6.45) is 2.56. The Hall–Kier alpha value is -1.35. The third-order valence-corrected chi connectivity index (χ3v) is 4.64.